The van der Waals surface area contributed by atoms with Gasteiger partial charge in [0.15, 0.2) is 0 Å². The van der Waals surface area contributed by atoms with Crippen molar-refractivity contribution in [2.75, 3.05) is 32.6 Å². The highest BCUT2D eigenvalue weighted by atomic mass is 32.2. The van der Waals surface area contributed by atoms with Crippen LogP contribution in [0.4, 0.5) is 5.69 Å². The minimum absolute atomic E-state index is 0.0208. The summed E-state index contributed by atoms with van der Waals surface area (Å²) in [5.41, 5.74) is 1.22. The number of carbonyl (C=O) groups is 1. The second-order valence-corrected chi connectivity index (χ2v) is 10.4. The van der Waals surface area contributed by atoms with Crippen LogP contribution in [0.5, 0.6) is 11.5 Å². The van der Waals surface area contributed by atoms with Gasteiger partial charge in [0.1, 0.15) is 16.4 Å². The molecule has 1 aliphatic carbocycles. The van der Waals surface area contributed by atoms with E-state index in [4.69, 9.17) is 9.47 Å². The van der Waals surface area contributed by atoms with E-state index in [0.29, 0.717) is 30.8 Å². The topological polar surface area (TPSA) is 109 Å². The lowest BCUT2D eigenvalue weighted by Crippen LogP contribution is -2.43. The monoisotopic (exact) mass is 469 g/mol. The molecule has 1 heterocycles. The molecule has 1 atom stereocenters. The molecule has 1 amide bonds. The largest absolute Gasteiger partial charge is 0.497 e. The maximum atomic E-state index is 13.4. The zero-order chi connectivity index (χ0) is 23.6. The van der Waals surface area contributed by atoms with Gasteiger partial charge >= 0.3 is 0 Å². The summed E-state index contributed by atoms with van der Waals surface area (Å²) in [5.74, 6) is -0.0536. The zero-order valence-electron chi connectivity index (χ0n) is 18.7. The van der Waals surface area contributed by atoms with Crippen LogP contribution in [0.2, 0.25) is 0 Å². The molecule has 1 aliphatic heterocycles. The number of hydrogen-bond acceptors (Lipinski definition) is 6. The lowest BCUT2D eigenvalue weighted by molar-refractivity contribution is -0.120. The molecule has 2 fully saturated rings. The van der Waals surface area contributed by atoms with Gasteiger partial charge in [0.25, 0.3) is 0 Å². The molecule has 9 heteroatoms. The van der Waals surface area contributed by atoms with Crippen molar-refractivity contribution in [1.82, 2.24) is 4.31 Å². The third-order valence-electron chi connectivity index (χ3n) is 6.41. The van der Waals surface area contributed by atoms with Crippen molar-refractivity contribution >= 4 is 21.6 Å². The Balaban J connectivity index is 1.47. The SMILES string of the molecule is COc1ccc(OC)c(S(=O)(=O)N2CCCC(C(=O)Nc3ccc(C4(C#N)CC4)cc3)C2)c1. The average molecular weight is 470 g/mol. The molecule has 1 N–H and O–H groups in total. The van der Waals surface area contributed by atoms with E-state index in [-0.39, 0.29) is 28.5 Å². The van der Waals surface area contributed by atoms with Crippen molar-refractivity contribution in [3.8, 4) is 17.6 Å². The molecule has 4 rings (SSSR count). The number of anilines is 1. The first-order chi connectivity index (χ1) is 15.8. The number of carbonyl (C=O) groups excluding carboxylic acids is 1. The number of hydrogen-bond donors (Lipinski definition) is 1. The predicted octanol–water partition coefficient (Wildman–Crippen LogP) is 3.30. The van der Waals surface area contributed by atoms with E-state index in [9.17, 15) is 18.5 Å². The first-order valence-corrected chi connectivity index (χ1v) is 12.3. The van der Waals surface area contributed by atoms with Crippen LogP contribution in [0.1, 0.15) is 31.2 Å². The Morgan fingerprint density at radius 2 is 1.88 bits per heavy atom. The van der Waals surface area contributed by atoms with Gasteiger partial charge < -0.3 is 14.8 Å². The van der Waals surface area contributed by atoms with Gasteiger partial charge in [0.2, 0.25) is 15.9 Å². The number of benzene rings is 2. The molecule has 2 aromatic carbocycles. The van der Waals surface area contributed by atoms with Crippen LogP contribution in [0, 0.1) is 17.2 Å². The number of nitrogens with zero attached hydrogens (tertiary/aromatic N) is 2. The molecule has 0 bridgehead atoms. The standard InChI is InChI=1S/C24H27N3O5S/c1-31-20-9-10-21(32-2)22(14-20)33(29,30)27-13-3-4-17(15-27)23(28)26-19-7-5-18(6-8-19)24(16-25)11-12-24/h5-10,14,17H,3-4,11-13,15H2,1-2H3,(H,26,28). The highest BCUT2D eigenvalue weighted by molar-refractivity contribution is 7.89. The van der Waals surface area contributed by atoms with Crippen molar-refractivity contribution in [2.45, 2.75) is 36.0 Å². The Morgan fingerprint density at radius 3 is 2.48 bits per heavy atom. The van der Waals surface area contributed by atoms with Gasteiger partial charge in [-0.2, -0.15) is 9.57 Å². The van der Waals surface area contributed by atoms with Gasteiger partial charge in [-0.1, -0.05) is 12.1 Å². The van der Waals surface area contributed by atoms with Crippen molar-refractivity contribution in [3.63, 3.8) is 0 Å². The zero-order valence-corrected chi connectivity index (χ0v) is 19.5. The molecule has 2 aromatic rings. The highest BCUT2D eigenvalue weighted by Gasteiger charge is 2.44. The van der Waals surface area contributed by atoms with Crippen LogP contribution in [0.3, 0.4) is 0 Å². The summed E-state index contributed by atoms with van der Waals surface area (Å²) in [6, 6.07) is 14.3. The van der Waals surface area contributed by atoms with Crippen LogP contribution in [0.25, 0.3) is 0 Å². The van der Waals surface area contributed by atoms with E-state index in [1.165, 1.54) is 24.6 Å². The summed E-state index contributed by atoms with van der Waals surface area (Å²) >= 11 is 0. The van der Waals surface area contributed by atoms with Gasteiger partial charge in [-0.05, 0) is 55.5 Å². The number of amides is 1. The van der Waals surface area contributed by atoms with E-state index in [2.05, 4.69) is 11.4 Å². The third-order valence-corrected chi connectivity index (χ3v) is 8.30. The summed E-state index contributed by atoms with van der Waals surface area (Å²) in [6.45, 7) is 0.418. The van der Waals surface area contributed by atoms with Crippen molar-refractivity contribution in [1.29, 1.82) is 5.26 Å². The number of rotatable bonds is 7. The molecule has 174 valence electrons. The minimum atomic E-state index is -3.88. The maximum Gasteiger partial charge on any atom is 0.246 e. The van der Waals surface area contributed by atoms with Crippen LogP contribution < -0.4 is 14.8 Å². The van der Waals surface area contributed by atoms with Gasteiger partial charge in [-0.3, -0.25) is 4.79 Å². The van der Waals surface area contributed by atoms with Crippen LogP contribution in [0.15, 0.2) is 47.4 Å². The number of ether oxygens (including phenoxy) is 2. The van der Waals surface area contributed by atoms with Crippen molar-refractivity contribution in [3.05, 3.63) is 48.0 Å². The molecule has 1 saturated heterocycles. The lowest BCUT2D eigenvalue weighted by Gasteiger charge is -2.31. The Labute approximate surface area is 194 Å². The number of nitriles is 1. The summed E-state index contributed by atoms with van der Waals surface area (Å²) in [4.78, 5) is 12.9. The number of piperidine rings is 1. The van der Waals surface area contributed by atoms with E-state index in [0.717, 1.165) is 18.4 Å². The number of methoxy groups -OCH3 is 2. The molecule has 1 saturated carbocycles. The summed E-state index contributed by atoms with van der Waals surface area (Å²) in [6.07, 6.45) is 2.90. The van der Waals surface area contributed by atoms with Crippen LogP contribution in [-0.4, -0.2) is 45.9 Å². The summed E-state index contributed by atoms with van der Waals surface area (Å²) < 4.78 is 38.5. The highest BCUT2D eigenvalue weighted by Crippen LogP contribution is 2.47. The molecular weight excluding hydrogens is 442 g/mol. The molecule has 33 heavy (non-hydrogen) atoms. The quantitative estimate of drug-likeness (QED) is 0.667. The fourth-order valence-corrected chi connectivity index (χ4v) is 5.90. The maximum absolute atomic E-state index is 13.4. The Kier molecular flexibility index (Phi) is 6.32. The van der Waals surface area contributed by atoms with E-state index < -0.39 is 15.9 Å². The van der Waals surface area contributed by atoms with Gasteiger partial charge in [-0.25, -0.2) is 8.42 Å². The molecule has 2 aliphatic rings. The molecule has 0 aromatic heterocycles. The van der Waals surface area contributed by atoms with E-state index in [1.807, 2.05) is 12.1 Å². The van der Waals surface area contributed by atoms with Gasteiger partial charge in [-0.15, -0.1) is 0 Å². The average Bonchev–Trinajstić information content (AvgIpc) is 3.65. The third kappa shape index (κ3) is 4.54. The van der Waals surface area contributed by atoms with Gasteiger partial charge in [0.05, 0.1) is 31.6 Å². The first-order valence-electron chi connectivity index (χ1n) is 10.9. The van der Waals surface area contributed by atoms with E-state index in [1.54, 1.807) is 24.3 Å². The van der Waals surface area contributed by atoms with E-state index >= 15 is 0 Å². The second kappa shape index (κ2) is 9.04. The fraction of sp³-hybridized carbons (Fsp3) is 0.417. The molecule has 1 unspecified atom stereocenters. The van der Waals surface area contributed by atoms with Crippen LogP contribution in [-0.2, 0) is 20.2 Å². The van der Waals surface area contributed by atoms with Crippen molar-refractivity contribution < 1.29 is 22.7 Å². The molecule has 0 radical (unpaired) electrons. The summed E-state index contributed by atoms with van der Waals surface area (Å²) in [7, 11) is -0.991. The van der Waals surface area contributed by atoms with Gasteiger partial charge in [0, 0.05) is 24.8 Å². The molecule has 0 spiro atoms. The minimum Gasteiger partial charge on any atom is -0.497 e. The Morgan fingerprint density at radius 1 is 1.15 bits per heavy atom. The summed E-state index contributed by atoms with van der Waals surface area (Å²) in [5, 5.41) is 12.2. The Hall–Kier alpha value is -3.09. The molecule has 8 nitrogen and oxygen atoms in total. The second-order valence-electron chi connectivity index (χ2n) is 8.48. The smallest absolute Gasteiger partial charge is 0.246 e. The van der Waals surface area contributed by atoms with Crippen LogP contribution >= 0.6 is 0 Å². The number of sulfonamides is 1. The Bertz CT molecular complexity index is 1180. The van der Waals surface area contributed by atoms with Crippen molar-refractivity contribution in [2.24, 2.45) is 5.92 Å². The predicted molar refractivity (Wildman–Crippen MR) is 123 cm³/mol. The normalized spacial score (nSPS) is 19.8. The fourth-order valence-electron chi connectivity index (χ4n) is 4.21. The molecular formula is C24H27N3O5S. The first kappa shape index (κ1) is 23.1. The number of nitrogens with one attached hydrogen (secondary N) is 1. The lowest BCUT2D eigenvalue weighted by atomic mass is 9.97.